The maximum Gasteiger partial charge on any atom is 0.125 e. The first-order valence-electron chi connectivity index (χ1n) is 5.64. The smallest absolute Gasteiger partial charge is 0.125 e. The minimum atomic E-state index is 0.747. The predicted molar refractivity (Wildman–Crippen MR) is 66.3 cm³/mol. The highest BCUT2D eigenvalue weighted by molar-refractivity contribution is 5.16. The molecule has 2 heterocycles. The molecule has 0 radical (unpaired) electrons. The van der Waals surface area contributed by atoms with Crippen LogP contribution in [0, 0.1) is 13.8 Å². The molecule has 17 heavy (non-hydrogen) atoms. The van der Waals surface area contributed by atoms with E-state index < -0.39 is 0 Å². The molecule has 0 saturated carbocycles. The highest BCUT2D eigenvalue weighted by atomic mass is 14.9. The van der Waals surface area contributed by atoms with Crippen molar-refractivity contribution < 1.29 is 0 Å². The molecule has 0 aromatic carbocycles. The van der Waals surface area contributed by atoms with Gasteiger partial charge in [-0.15, -0.1) is 0 Å². The first-order valence-corrected chi connectivity index (χ1v) is 5.64. The summed E-state index contributed by atoms with van der Waals surface area (Å²) in [5.74, 6) is 0.807. The zero-order chi connectivity index (χ0) is 12.1. The summed E-state index contributed by atoms with van der Waals surface area (Å²) in [4.78, 5) is 12.6. The van der Waals surface area contributed by atoms with E-state index in [1.807, 2.05) is 32.3 Å². The number of aromatic nitrogens is 3. The van der Waals surface area contributed by atoms with E-state index in [1.54, 1.807) is 6.20 Å². The molecule has 0 bridgehead atoms. The largest absolute Gasteiger partial charge is 0.307 e. The molecule has 1 N–H and O–H groups in total. The van der Waals surface area contributed by atoms with Gasteiger partial charge in [0.05, 0.1) is 5.69 Å². The lowest BCUT2D eigenvalue weighted by Gasteiger charge is -2.05. The molecule has 2 aromatic heterocycles. The van der Waals surface area contributed by atoms with Crippen LogP contribution in [-0.2, 0) is 13.1 Å². The molecule has 88 valence electrons. The molecule has 0 saturated heterocycles. The van der Waals surface area contributed by atoms with Crippen LogP contribution in [0.15, 0.2) is 30.7 Å². The third-order valence-corrected chi connectivity index (χ3v) is 2.40. The number of hydrogen-bond acceptors (Lipinski definition) is 4. The molecular weight excluding hydrogens is 212 g/mol. The summed E-state index contributed by atoms with van der Waals surface area (Å²) in [5, 5.41) is 3.34. The molecule has 0 unspecified atom stereocenters. The van der Waals surface area contributed by atoms with E-state index in [2.05, 4.69) is 26.3 Å². The third kappa shape index (κ3) is 3.60. The highest BCUT2D eigenvalue weighted by Crippen LogP contribution is 2.01. The minimum Gasteiger partial charge on any atom is -0.307 e. The van der Waals surface area contributed by atoms with Crippen LogP contribution in [0.1, 0.15) is 22.6 Å². The molecule has 2 aromatic rings. The second-order valence-corrected chi connectivity index (χ2v) is 4.07. The quantitative estimate of drug-likeness (QED) is 0.866. The summed E-state index contributed by atoms with van der Waals surface area (Å²) in [7, 11) is 0. The molecule has 0 spiro atoms. The Morgan fingerprint density at radius 2 is 2.06 bits per heavy atom. The first kappa shape index (κ1) is 11.7. The predicted octanol–water partition coefficient (Wildman–Crippen LogP) is 1.78. The van der Waals surface area contributed by atoms with Crippen molar-refractivity contribution >= 4 is 0 Å². The number of hydrogen-bond donors (Lipinski definition) is 1. The van der Waals surface area contributed by atoms with Crippen LogP contribution < -0.4 is 5.32 Å². The summed E-state index contributed by atoms with van der Waals surface area (Å²) >= 11 is 0. The Balaban J connectivity index is 1.87. The average molecular weight is 228 g/mol. The fourth-order valence-electron chi connectivity index (χ4n) is 1.65. The van der Waals surface area contributed by atoms with Gasteiger partial charge in [0.2, 0.25) is 0 Å². The topological polar surface area (TPSA) is 50.7 Å². The van der Waals surface area contributed by atoms with Crippen molar-refractivity contribution in [3.05, 3.63) is 53.4 Å². The Labute approximate surface area is 101 Å². The Morgan fingerprint density at radius 3 is 2.82 bits per heavy atom. The zero-order valence-electron chi connectivity index (χ0n) is 10.1. The second-order valence-electron chi connectivity index (χ2n) is 4.07. The van der Waals surface area contributed by atoms with Crippen molar-refractivity contribution in [2.24, 2.45) is 0 Å². The molecule has 4 nitrogen and oxygen atoms in total. The van der Waals surface area contributed by atoms with Gasteiger partial charge in [-0.05, 0) is 31.0 Å². The Kier molecular flexibility index (Phi) is 3.77. The lowest BCUT2D eigenvalue weighted by atomic mass is 10.2. The van der Waals surface area contributed by atoms with Gasteiger partial charge in [-0.2, -0.15) is 0 Å². The second kappa shape index (κ2) is 5.50. The molecule has 0 aliphatic carbocycles. The van der Waals surface area contributed by atoms with Gasteiger partial charge in [0.25, 0.3) is 0 Å². The molecule has 0 aliphatic rings. The van der Waals surface area contributed by atoms with Crippen molar-refractivity contribution in [1.29, 1.82) is 0 Å². The first-order chi connectivity index (χ1) is 8.24. The monoisotopic (exact) mass is 228 g/mol. The van der Waals surface area contributed by atoms with E-state index in [1.165, 1.54) is 11.1 Å². The maximum atomic E-state index is 4.33. The van der Waals surface area contributed by atoms with Crippen molar-refractivity contribution in [3.8, 4) is 0 Å². The molecule has 2 rings (SSSR count). The lowest BCUT2D eigenvalue weighted by Crippen LogP contribution is -2.14. The number of aryl methyl sites for hydroxylation is 2. The summed E-state index contributed by atoms with van der Waals surface area (Å²) in [5.41, 5.74) is 3.39. The normalized spacial score (nSPS) is 10.5. The Hall–Kier alpha value is -1.81. The van der Waals surface area contributed by atoms with Gasteiger partial charge in [0.1, 0.15) is 5.82 Å². The van der Waals surface area contributed by atoms with Crippen molar-refractivity contribution in [3.63, 3.8) is 0 Å². The third-order valence-electron chi connectivity index (χ3n) is 2.40. The van der Waals surface area contributed by atoms with Crippen LogP contribution in [0.4, 0.5) is 0 Å². The van der Waals surface area contributed by atoms with Gasteiger partial charge >= 0.3 is 0 Å². The summed E-state index contributed by atoms with van der Waals surface area (Å²) < 4.78 is 0. The van der Waals surface area contributed by atoms with Crippen molar-refractivity contribution in [2.75, 3.05) is 0 Å². The van der Waals surface area contributed by atoms with Crippen LogP contribution in [0.3, 0.4) is 0 Å². The van der Waals surface area contributed by atoms with Crippen LogP contribution in [0.2, 0.25) is 0 Å². The van der Waals surface area contributed by atoms with Crippen LogP contribution in [0.5, 0.6) is 0 Å². The highest BCUT2D eigenvalue weighted by Gasteiger charge is 1.97. The van der Waals surface area contributed by atoms with E-state index in [9.17, 15) is 0 Å². The molecule has 0 atom stereocenters. The summed E-state index contributed by atoms with van der Waals surface area (Å²) in [6, 6.07) is 4.06. The van der Waals surface area contributed by atoms with Crippen LogP contribution in [-0.4, -0.2) is 15.0 Å². The van der Waals surface area contributed by atoms with Gasteiger partial charge in [-0.1, -0.05) is 6.07 Å². The lowest BCUT2D eigenvalue weighted by molar-refractivity contribution is 0.673. The fourth-order valence-corrected chi connectivity index (χ4v) is 1.65. The standard InChI is InChI=1S/C13H16N4/c1-10-5-12(7-14-6-10)8-15-9-13-3-4-16-11(2)17-13/h3-7,15H,8-9H2,1-2H3. The zero-order valence-corrected chi connectivity index (χ0v) is 10.1. The number of nitrogens with one attached hydrogen (secondary N) is 1. The van der Waals surface area contributed by atoms with E-state index >= 15 is 0 Å². The van der Waals surface area contributed by atoms with Gasteiger partial charge in [-0.3, -0.25) is 4.98 Å². The van der Waals surface area contributed by atoms with Gasteiger partial charge in [0, 0.05) is 31.7 Å². The molecule has 0 fully saturated rings. The Morgan fingerprint density at radius 1 is 1.18 bits per heavy atom. The molecule has 0 aliphatic heterocycles. The van der Waals surface area contributed by atoms with Crippen molar-refractivity contribution in [2.45, 2.75) is 26.9 Å². The summed E-state index contributed by atoms with van der Waals surface area (Å²) in [6.45, 7) is 5.49. The van der Waals surface area contributed by atoms with Crippen LogP contribution in [0.25, 0.3) is 0 Å². The van der Waals surface area contributed by atoms with Gasteiger partial charge in [-0.25, -0.2) is 9.97 Å². The van der Waals surface area contributed by atoms with Crippen molar-refractivity contribution in [1.82, 2.24) is 20.3 Å². The minimum absolute atomic E-state index is 0.747. The fraction of sp³-hybridized carbons (Fsp3) is 0.308. The van der Waals surface area contributed by atoms with Gasteiger partial charge < -0.3 is 5.32 Å². The Bertz CT molecular complexity index is 451. The maximum absolute atomic E-state index is 4.33. The SMILES string of the molecule is Cc1cncc(CNCc2ccnc(C)n2)c1. The van der Waals surface area contributed by atoms with Gasteiger partial charge in [0.15, 0.2) is 0 Å². The van der Waals surface area contributed by atoms with E-state index in [0.717, 1.165) is 24.6 Å². The molecule has 0 amide bonds. The number of rotatable bonds is 4. The van der Waals surface area contributed by atoms with Crippen LogP contribution >= 0.6 is 0 Å². The summed E-state index contributed by atoms with van der Waals surface area (Å²) in [6.07, 6.45) is 5.52. The molecular formula is C13H16N4. The molecule has 4 heteroatoms. The van der Waals surface area contributed by atoms with E-state index in [0.29, 0.717) is 0 Å². The van der Waals surface area contributed by atoms with E-state index in [4.69, 9.17) is 0 Å². The average Bonchev–Trinajstić information content (AvgIpc) is 2.29. The number of nitrogens with zero attached hydrogens (tertiary/aromatic N) is 3. The van der Waals surface area contributed by atoms with E-state index in [-0.39, 0.29) is 0 Å². The number of pyridine rings is 1.